The molecule has 1 aliphatic heterocycles. The molecule has 0 saturated carbocycles. The fourth-order valence-electron chi connectivity index (χ4n) is 5.72. The van der Waals surface area contributed by atoms with E-state index in [0.29, 0.717) is 36.4 Å². The zero-order valence-corrected chi connectivity index (χ0v) is 20.4. The molecule has 32 heavy (non-hydrogen) atoms. The summed E-state index contributed by atoms with van der Waals surface area (Å²) in [6.45, 7) is 5.10. The minimum atomic E-state index is 0.349. The smallest absolute Gasteiger partial charge is 0.0431 e. The van der Waals surface area contributed by atoms with Gasteiger partial charge in [-0.05, 0) is 29.9 Å². The summed E-state index contributed by atoms with van der Waals surface area (Å²) in [5, 5.41) is 13.0. The SMILES string of the molecule is CC(C)[C@H]1N[C@@H](CCCCCCCCCCCO)[C@H](c2ccccc2)[C@H]1c1ccccc1. The Morgan fingerprint density at radius 1 is 0.656 bits per heavy atom. The molecule has 1 fully saturated rings. The van der Waals surface area contributed by atoms with Gasteiger partial charge in [-0.2, -0.15) is 0 Å². The summed E-state index contributed by atoms with van der Waals surface area (Å²) >= 11 is 0. The van der Waals surface area contributed by atoms with Crippen molar-refractivity contribution in [1.82, 2.24) is 5.32 Å². The number of hydrogen-bond acceptors (Lipinski definition) is 2. The van der Waals surface area contributed by atoms with Crippen LogP contribution in [0.15, 0.2) is 60.7 Å². The number of hydrogen-bond donors (Lipinski definition) is 2. The van der Waals surface area contributed by atoms with E-state index >= 15 is 0 Å². The van der Waals surface area contributed by atoms with Gasteiger partial charge in [0.2, 0.25) is 0 Å². The second-order valence-electron chi connectivity index (χ2n) is 10.1. The van der Waals surface area contributed by atoms with Gasteiger partial charge in [0.05, 0.1) is 0 Å². The molecule has 4 atom stereocenters. The normalized spacial score (nSPS) is 23.1. The molecule has 1 heterocycles. The molecule has 0 bridgehead atoms. The molecular weight excluding hydrogens is 390 g/mol. The molecule has 1 saturated heterocycles. The van der Waals surface area contributed by atoms with Crippen LogP contribution >= 0.6 is 0 Å². The molecule has 0 radical (unpaired) electrons. The summed E-state index contributed by atoms with van der Waals surface area (Å²) in [5.74, 6) is 1.68. The molecule has 0 aliphatic carbocycles. The van der Waals surface area contributed by atoms with Gasteiger partial charge in [0.15, 0.2) is 0 Å². The van der Waals surface area contributed by atoms with Crippen LogP contribution in [0.3, 0.4) is 0 Å². The maximum absolute atomic E-state index is 8.87. The van der Waals surface area contributed by atoms with Crippen LogP contribution in [-0.2, 0) is 0 Å². The van der Waals surface area contributed by atoms with Gasteiger partial charge in [0, 0.05) is 30.5 Å². The lowest BCUT2D eigenvalue weighted by Crippen LogP contribution is -2.35. The van der Waals surface area contributed by atoms with E-state index in [4.69, 9.17) is 5.11 Å². The highest BCUT2D eigenvalue weighted by Crippen LogP contribution is 2.46. The number of unbranched alkanes of at least 4 members (excludes halogenated alkanes) is 8. The Bertz CT molecular complexity index is 729. The van der Waals surface area contributed by atoms with Gasteiger partial charge >= 0.3 is 0 Å². The molecule has 2 heteroatoms. The van der Waals surface area contributed by atoms with E-state index < -0.39 is 0 Å². The van der Waals surface area contributed by atoms with Crippen LogP contribution in [0.2, 0.25) is 0 Å². The lowest BCUT2D eigenvalue weighted by atomic mass is 9.74. The highest BCUT2D eigenvalue weighted by molar-refractivity contribution is 5.34. The highest BCUT2D eigenvalue weighted by Gasteiger charge is 2.44. The van der Waals surface area contributed by atoms with E-state index in [9.17, 15) is 0 Å². The van der Waals surface area contributed by atoms with Gasteiger partial charge < -0.3 is 10.4 Å². The Kier molecular flexibility index (Phi) is 10.8. The van der Waals surface area contributed by atoms with Crippen LogP contribution in [0.25, 0.3) is 0 Å². The van der Waals surface area contributed by atoms with Crippen molar-refractivity contribution in [1.29, 1.82) is 0 Å². The van der Waals surface area contributed by atoms with Crippen LogP contribution in [-0.4, -0.2) is 23.8 Å². The summed E-state index contributed by atoms with van der Waals surface area (Å²) in [4.78, 5) is 0. The lowest BCUT2D eigenvalue weighted by molar-refractivity contribution is 0.282. The molecule has 2 N–H and O–H groups in total. The van der Waals surface area contributed by atoms with Crippen LogP contribution in [0.5, 0.6) is 0 Å². The summed E-state index contributed by atoms with van der Waals surface area (Å²) in [5.41, 5.74) is 2.97. The van der Waals surface area contributed by atoms with Crippen molar-refractivity contribution in [2.45, 2.75) is 102 Å². The summed E-state index contributed by atoms with van der Waals surface area (Å²) in [6.07, 6.45) is 12.8. The number of aliphatic hydroxyl groups excluding tert-OH is 1. The third-order valence-corrected chi connectivity index (χ3v) is 7.37. The van der Waals surface area contributed by atoms with Crippen LogP contribution < -0.4 is 5.32 Å². The molecule has 2 aromatic rings. The van der Waals surface area contributed by atoms with Crippen LogP contribution in [0.1, 0.15) is 101 Å². The first kappa shape index (κ1) is 25.0. The number of aliphatic hydroxyl groups is 1. The van der Waals surface area contributed by atoms with Gasteiger partial charge in [-0.15, -0.1) is 0 Å². The average molecular weight is 436 g/mol. The average Bonchev–Trinajstić information content (AvgIpc) is 3.21. The van der Waals surface area contributed by atoms with Crippen molar-refractivity contribution in [3.05, 3.63) is 71.8 Å². The van der Waals surface area contributed by atoms with Gasteiger partial charge in [-0.1, -0.05) is 126 Å². The summed E-state index contributed by atoms with van der Waals surface area (Å²) in [7, 11) is 0. The minimum Gasteiger partial charge on any atom is -0.396 e. The first-order chi connectivity index (χ1) is 15.7. The number of benzene rings is 2. The molecule has 0 aromatic heterocycles. The highest BCUT2D eigenvalue weighted by atomic mass is 16.2. The first-order valence-electron chi connectivity index (χ1n) is 13.2. The van der Waals surface area contributed by atoms with E-state index in [2.05, 4.69) is 79.8 Å². The van der Waals surface area contributed by atoms with E-state index in [1.807, 2.05) is 0 Å². The number of rotatable bonds is 14. The molecular formula is C30H45NO. The van der Waals surface area contributed by atoms with Crippen molar-refractivity contribution >= 4 is 0 Å². The standard InChI is InChI=1S/C30H45NO/c1-24(2)30-29(26-20-14-11-15-21-26)28(25-18-12-10-13-19-25)27(31-30)22-16-8-6-4-3-5-7-9-17-23-32/h10-15,18-21,24,27-32H,3-9,16-17,22-23H2,1-2H3/t27-,28-,29+,30+/m0/s1. The van der Waals surface area contributed by atoms with Crippen LogP contribution in [0, 0.1) is 5.92 Å². The van der Waals surface area contributed by atoms with Gasteiger partial charge in [0.25, 0.3) is 0 Å². The molecule has 0 spiro atoms. The second kappa shape index (κ2) is 13.8. The quantitative estimate of drug-likeness (QED) is 0.302. The summed E-state index contributed by atoms with van der Waals surface area (Å²) in [6, 6.07) is 23.5. The van der Waals surface area contributed by atoms with Gasteiger partial charge in [-0.25, -0.2) is 0 Å². The Balaban J connectivity index is 1.58. The predicted octanol–water partition coefficient (Wildman–Crippen LogP) is 7.44. The first-order valence-corrected chi connectivity index (χ1v) is 13.2. The summed E-state index contributed by atoms with van der Waals surface area (Å²) < 4.78 is 0. The minimum absolute atomic E-state index is 0.349. The van der Waals surface area contributed by atoms with E-state index in [1.165, 1.54) is 68.9 Å². The topological polar surface area (TPSA) is 32.3 Å². The molecule has 176 valence electrons. The third-order valence-electron chi connectivity index (χ3n) is 7.37. The zero-order valence-electron chi connectivity index (χ0n) is 20.4. The predicted molar refractivity (Wildman–Crippen MR) is 137 cm³/mol. The molecule has 3 rings (SSSR count). The molecule has 2 aromatic carbocycles. The second-order valence-corrected chi connectivity index (χ2v) is 10.1. The monoisotopic (exact) mass is 435 g/mol. The fraction of sp³-hybridized carbons (Fsp3) is 0.600. The molecule has 2 nitrogen and oxygen atoms in total. The number of nitrogens with one attached hydrogen (secondary N) is 1. The van der Waals surface area contributed by atoms with E-state index in [1.54, 1.807) is 0 Å². The van der Waals surface area contributed by atoms with Gasteiger partial charge in [-0.3, -0.25) is 0 Å². The van der Waals surface area contributed by atoms with Crippen molar-refractivity contribution in [2.24, 2.45) is 5.92 Å². The van der Waals surface area contributed by atoms with Gasteiger partial charge in [0.1, 0.15) is 0 Å². The van der Waals surface area contributed by atoms with Crippen molar-refractivity contribution in [3.8, 4) is 0 Å². The molecule has 1 aliphatic rings. The Hall–Kier alpha value is -1.64. The van der Waals surface area contributed by atoms with E-state index in [0.717, 1.165) is 6.42 Å². The fourth-order valence-corrected chi connectivity index (χ4v) is 5.72. The Morgan fingerprint density at radius 2 is 1.12 bits per heavy atom. The largest absolute Gasteiger partial charge is 0.396 e. The third kappa shape index (κ3) is 7.18. The van der Waals surface area contributed by atoms with E-state index in [-0.39, 0.29) is 0 Å². The Labute approximate surface area is 196 Å². The molecule has 0 unspecified atom stereocenters. The Morgan fingerprint density at radius 3 is 1.62 bits per heavy atom. The van der Waals surface area contributed by atoms with Crippen molar-refractivity contribution in [3.63, 3.8) is 0 Å². The van der Waals surface area contributed by atoms with Crippen molar-refractivity contribution < 1.29 is 5.11 Å². The molecule has 0 amide bonds. The van der Waals surface area contributed by atoms with Crippen molar-refractivity contribution in [2.75, 3.05) is 6.61 Å². The zero-order chi connectivity index (χ0) is 22.6. The maximum atomic E-state index is 8.87. The maximum Gasteiger partial charge on any atom is 0.0431 e. The van der Waals surface area contributed by atoms with Crippen LogP contribution in [0.4, 0.5) is 0 Å². The lowest BCUT2D eigenvalue weighted by Gasteiger charge is -2.28.